The first-order valence-corrected chi connectivity index (χ1v) is 5.57. The molecule has 0 atom stereocenters. The highest BCUT2D eigenvalue weighted by molar-refractivity contribution is 7.99. The number of rotatable bonds is 3. The molecule has 1 aromatic heterocycles. The molecule has 0 amide bonds. The van der Waals surface area contributed by atoms with Crippen LogP contribution in [-0.4, -0.2) is 15.8 Å². The Morgan fingerprint density at radius 1 is 1.29 bits per heavy atom. The molecule has 0 aliphatic heterocycles. The molecule has 0 saturated carbocycles. The van der Waals surface area contributed by atoms with Gasteiger partial charge in [-0.25, -0.2) is 14.4 Å². The molecule has 4 nitrogen and oxygen atoms in total. The van der Waals surface area contributed by atoms with Gasteiger partial charge >= 0.3 is 0 Å². The Morgan fingerprint density at radius 2 is 2.00 bits per heavy atom. The smallest absolute Gasteiger partial charge is 0.192 e. The van der Waals surface area contributed by atoms with Crippen LogP contribution in [0.4, 0.5) is 4.39 Å². The summed E-state index contributed by atoms with van der Waals surface area (Å²) < 4.78 is 13.7. The average Bonchev–Trinajstić information content (AvgIpc) is 2.33. The van der Waals surface area contributed by atoms with Gasteiger partial charge in [0.05, 0.1) is 4.90 Å². The van der Waals surface area contributed by atoms with Crippen molar-refractivity contribution in [1.29, 1.82) is 5.41 Å². The van der Waals surface area contributed by atoms with Crippen LogP contribution in [0.2, 0.25) is 0 Å². The maximum atomic E-state index is 13.7. The fourth-order valence-electron chi connectivity index (χ4n) is 1.19. The number of nitrogen functional groups attached to an aromatic ring is 1. The highest BCUT2D eigenvalue weighted by atomic mass is 32.2. The predicted octanol–water partition coefficient (Wildman–Crippen LogP) is 2.05. The first-order chi connectivity index (χ1) is 8.16. The van der Waals surface area contributed by atoms with Gasteiger partial charge in [-0.3, -0.25) is 5.41 Å². The molecule has 0 radical (unpaired) electrons. The van der Waals surface area contributed by atoms with Gasteiger partial charge in [0.1, 0.15) is 11.7 Å². The minimum atomic E-state index is -0.435. The van der Waals surface area contributed by atoms with Crippen molar-refractivity contribution in [3.05, 3.63) is 48.0 Å². The third kappa shape index (κ3) is 2.79. The lowest BCUT2D eigenvalue weighted by molar-refractivity contribution is 0.601. The summed E-state index contributed by atoms with van der Waals surface area (Å²) in [7, 11) is 0. The third-order valence-electron chi connectivity index (χ3n) is 1.99. The normalized spacial score (nSPS) is 10.2. The van der Waals surface area contributed by atoms with Crippen LogP contribution in [0.25, 0.3) is 0 Å². The third-order valence-corrected chi connectivity index (χ3v) is 2.93. The van der Waals surface area contributed by atoms with Gasteiger partial charge in [-0.05, 0) is 36.0 Å². The van der Waals surface area contributed by atoms with E-state index in [1.54, 1.807) is 30.6 Å². The van der Waals surface area contributed by atoms with Gasteiger partial charge < -0.3 is 5.73 Å². The summed E-state index contributed by atoms with van der Waals surface area (Å²) in [6, 6.07) is 6.08. The molecular weight excluding hydrogens is 239 g/mol. The van der Waals surface area contributed by atoms with Crippen molar-refractivity contribution >= 4 is 17.6 Å². The summed E-state index contributed by atoms with van der Waals surface area (Å²) >= 11 is 1.13. The molecule has 1 aromatic carbocycles. The maximum Gasteiger partial charge on any atom is 0.192 e. The Balaban J connectivity index is 2.26. The fourth-order valence-corrected chi connectivity index (χ4v) is 1.90. The van der Waals surface area contributed by atoms with E-state index in [-0.39, 0.29) is 5.84 Å². The zero-order chi connectivity index (χ0) is 12.3. The van der Waals surface area contributed by atoms with E-state index in [4.69, 9.17) is 11.1 Å². The second-order valence-corrected chi connectivity index (χ2v) is 4.20. The second-order valence-electron chi connectivity index (χ2n) is 3.19. The predicted molar refractivity (Wildman–Crippen MR) is 63.6 cm³/mol. The summed E-state index contributed by atoms with van der Waals surface area (Å²) in [6.45, 7) is 0. The van der Waals surface area contributed by atoms with E-state index in [0.29, 0.717) is 15.6 Å². The standard InChI is InChI=1S/C11H9FN4S/c12-8-6-7(10(13)14)2-3-9(8)17-11-15-4-1-5-16-11/h1-6H,(H3,13,14). The van der Waals surface area contributed by atoms with E-state index in [1.807, 2.05) is 0 Å². The number of amidine groups is 1. The molecular formula is C11H9FN4S. The Kier molecular flexibility index (Phi) is 3.34. The lowest BCUT2D eigenvalue weighted by Gasteiger charge is -2.03. The number of nitrogens with one attached hydrogen (secondary N) is 1. The summed E-state index contributed by atoms with van der Waals surface area (Å²) in [5, 5.41) is 7.68. The molecule has 0 aliphatic rings. The maximum absolute atomic E-state index is 13.7. The van der Waals surface area contributed by atoms with E-state index >= 15 is 0 Å². The fraction of sp³-hybridized carbons (Fsp3) is 0. The number of benzene rings is 1. The van der Waals surface area contributed by atoms with Crippen LogP contribution in [0.1, 0.15) is 5.56 Å². The highest BCUT2D eigenvalue weighted by Gasteiger charge is 2.08. The zero-order valence-electron chi connectivity index (χ0n) is 8.72. The van der Waals surface area contributed by atoms with Crippen LogP contribution in [-0.2, 0) is 0 Å². The van der Waals surface area contributed by atoms with Crippen molar-refractivity contribution in [2.24, 2.45) is 5.73 Å². The van der Waals surface area contributed by atoms with Crippen molar-refractivity contribution in [2.45, 2.75) is 10.1 Å². The summed E-state index contributed by atoms with van der Waals surface area (Å²) in [5.74, 6) is -0.591. The number of hydrogen-bond acceptors (Lipinski definition) is 4. The molecule has 0 bridgehead atoms. The van der Waals surface area contributed by atoms with Gasteiger partial charge in [0, 0.05) is 18.0 Å². The number of aromatic nitrogens is 2. The molecule has 0 saturated heterocycles. The first-order valence-electron chi connectivity index (χ1n) is 4.75. The lowest BCUT2D eigenvalue weighted by atomic mass is 10.2. The quantitative estimate of drug-likeness (QED) is 0.495. The molecule has 0 spiro atoms. The van der Waals surface area contributed by atoms with E-state index in [0.717, 1.165) is 11.8 Å². The highest BCUT2D eigenvalue weighted by Crippen LogP contribution is 2.27. The topological polar surface area (TPSA) is 75.7 Å². The van der Waals surface area contributed by atoms with Crippen LogP contribution in [0.5, 0.6) is 0 Å². The molecule has 1 heterocycles. The minimum absolute atomic E-state index is 0.156. The molecule has 0 aliphatic carbocycles. The second kappa shape index (κ2) is 4.92. The van der Waals surface area contributed by atoms with E-state index in [9.17, 15) is 4.39 Å². The number of hydrogen-bond donors (Lipinski definition) is 2. The summed E-state index contributed by atoms with van der Waals surface area (Å²) in [4.78, 5) is 8.39. The van der Waals surface area contributed by atoms with E-state index in [1.165, 1.54) is 6.07 Å². The van der Waals surface area contributed by atoms with Crippen molar-refractivity contribution in [1.82, 2.24) is 9.97 Å². The van der Waals surface area contributed by atoms with Crippen LogP contribution in [0.3, 0.4) is 0 Å². The van der Waals surface area contributed by atoms with Crippen molar-refractivity contribution < 1.29 is 4.39 Å². The van der Waals surface area contributed by atoms with Crippen LogP contribution in [0, 0.1) is 11.2 Å². The zero-order valence-corrected chi connectivity index (χ0v) is 9.54. The van der Waals surface area contributed by atoms with Gasteiger partial charge in [0.2, 0.25) is 0 Å². The molecule has 3 N–H and O–H groups in total. The van der Waals surface area contributed by atoms with E-state index in [2.05, 4.69) is 9.97 Å². The molecule has 0 unspecified atom stereocenters. The van der Waals surface area contributed by atoms with Crippen molar-refractivity contribution in [2.75, 3.05) is 0 Å². The monoisotopic (exact) mass is 248 g/mol. The van der Waals surface area contributed by atoms with Crippen molar-refractivity contribution in [3.8, 4) is 0 Å². The molecule has 86 valence electrons. The lowest BCUT2D eigenvalue weighted by Crippen LogP contribution is -2.11. The SMILES string of the molecule is N=C(N)c1ccc(Sc2ncccn2)c(F)c1. The minimum Gasteiger partial charge on any atom is -0.384 e. The summed E-state index contributed by atoms with van der Waals surface area (Å²) in [5.41, 5.74) is 5.63. The van der Waals surface area contributed by atoms with Crippen LogP contribution in [0.15, 0.2) is 46.7 Å². The van der Waals surface area contributed by atoms with E-state index < -0.39 is 5.82 Å². The molecule has 2 rings (SSSR count). The first kappa shape index (κ1) is 11.5. The van der Waals surface area contributed by atoms with Gasteiger partial charge in [-0.15, -0.1) is 0 Å². The van der Waals surface area contributed by atoms with Gasteiger partial charge in [-0.1, -0.05) is 0 Å². The average molecular weight is 248 g/mol. The van der Waals surface area contributed by atoms with Crippen LogP contribution < -0.4 is 5.73 Å². The Labute approximate surface area is 102 Å². The largest absolute Gasteiger partial charge is 0.384 e. The Morgan fingerprint density at radius 3 is 2.59 bits per heavy atom. The molecule has 17 heavy (non-hydrogen) atoms. The van der Waals surface area contributed by atoms with Gasteiger partial charge in [0.25, 0.3) is 0 Å². The Bertz CT molecular complexity index is 544. The molecule has 6 heteroatoms. The van der Waals surface area contributed by atoms with Gasteiger partial charge in [0.15, 0.2) is 5.16 Å². The number of nitrogens with two attached hydrogens (primary N) is 1. The molecule has 2 aromatic rings. The van der Waals surface area contributed by atoms with Gasteiger partial charge in [-0.2, -0.15) is 0 Å². The molecule has 0 fully saturated rings. The summed E-state index contributed by atoms with van der Waals surface area (Å²) in [6.07, 6.45) is 3.19. The number of halogens is 1. The van der Waals surface area contributed by atoms with Crippen LogP contribution >= 0.6 is 11.8 Å². The Hall–Kier alpha value is -1.95. The number of nitrogens with zero attached hydrogens (tertiary/aromatic N) is 2. The van der Waals surface area contributed by atoms with Crippen molar-refractivity contribution in [3.63, 3.8) is 0 Å².